The number of hydrogen-bond acceptors (Lipinski definition) is 2. The second kappa shape index (κ2) is 7.56. The first-order valence-electron chi connectivity index (χ1n) is 10.4. The van der Waals surface area contributed by atoms with Crippen LogP contribution in [-0.2, 0) is 12.1 Å². The molecule has 0 amide bonds. The monoisotopic (exact) mass is 452 g/mol. The summed E-state index contributed by atoms with van der Waals surface area (Å²) in [7, 11) is 0. The molecule has 0 saturated heterocycles. The summed E-state index contributed by atoms with van der Waals surface area (Å²) < 4.78 is 57.6. The van der Waals surface area contributed by atoms with Gasteiger partial charge in [-0.15, -0.1) is 0 Å². The Morgan fingerprint density at radius 1 is 1.00 bits per heavy atom. The van der Waals surface area contributed by atoms with Gasteiger partial charge < -0.3 is 9.67 Å². The summed E-state index contributed by atoms with van der Waals surface area (Å²) in [6.07, 6.45) is -1.79. The second-order valence-electron chi connectivity index (χ2n) is 8.39. The molecule has 0 spiro atoms. The molecule has 0 bridgehead atoms. The summed E-state index contributed by atoms with van der Waals surface area (Å²) in [5.41, 5.74) is 0.0399. The number of hydrogen-bond donors (Lipinski definition) is 1. The van der Waals surface area contributed by atoms with Crippen LogP contribution in [0.5, 0.6) is 0 Å². The Morgan fingerprint density at radius 2 is 1.73 bits per heavy atom. The zero-order chi connectivity index (χ0) is 23.4. The smallest absolute Gasteiger partial charge is 0.375 e. The average molecular weight is 452 g/mol. The summed E-state index contributed by atoms with van der Waals surface area (Å²) in [5.74, 6) is -0.376. The molecule has 2 heterocycles. The van der Waals surface area contributed by atoms with Crippen molar-refractivity contribution in [2.75, 3.05) is 0 Å². The Balaban J connectivity index is 1.55. The van der Waals surface area contributed by atoms with Crippen LogP contribution in [-0.4, -0.2) is 22.1 Å². The van der Waals surface area contributed by atoms with Gasteiger partial charge in [-0.05, 0) is 59.0 Å². The van der Waals surface area contributed by atoms with Crippen molar-refractivity contribution in [3.63, 3.8) is 0 Å². The number of halogens is 4. The Kier molecular flexibility index (Phi) is 4.90. The van der Waals surface area contributed by atoms with Crippen LogP contribution in [0.3, 0.4) is 0 Å². The fourth-order valence-electron chi connectivity index (χ4n) is 4.49. The molecule has 4 aromatic rings. The van der Waals surface area contributed by atoms with E-state index in [4.69, 9.17) is 0 Å². The van der Waals surface area contributed by atoms with Crippen molar-refractivity contribution in [2.24, 2.45) is 4.99 Å². The number of aromatic nitrogens is 1. The molecule has 2 unspecified atom stereocenters. The minimum Gasteiger partial charge on any atom is -0.375 e. The molecular formula is C26H20F4N2O. The number of benzene rings is 3. The standard InChI is InChI=1S/C26H20F4N2O/c1-16-14-32(23-5-3-2-4-21(16)23)15-25(33,26(28,29)30)19-8-11-22-18(12-19)13-31-24(22)17-6-9-20(27)10-7-17/h2-14,24,33H,15H2,1H3. The van der Waals surface area contributed by atoms with Crippen molar-refractivity contribution >= 4 is 17.1 Å². The Morgan fingerprint density at radius 3 is 2.45 bits per heavy atom. The average Bonchev–Trinajstić information content (AvgIpc) is 3.34. The van der Waals surface area contributed by atoms with Crippen molar-refractivity contribution < 1.29 is 22.7 Å². The molecule has 0 saturated carbocycles. The highest BCUT2D eigenvalue weighted by Crippen LogP contribution is 2.43. The molecule has 1 aliphatic rings. The van der Waals surface area contributed by atoms with Gasteiger partial charge in [0.1, 0.15) is 11.9 Å². The lowest BCUT2D eigenvalue weighted by atomic mass is 9.88. The van der Waals surface area contributed by atoms with Gasteiger partial charge in [-0.1, -0.05) is 42.5 Å². The lowest BCUT2D eigenvalue weighted by molar-refractivity contribution is -0.271. The van der Waals surface area contributed by atoms with Crippen LogP contribution in [0.2, 0.25) is 0 Å². The van der Waals surface area contributed by atoms with Crippen LogP contribution in [0.4, 0.5) is 17.6 Å². The molecule has 3 aromatic carbocycles. The lowest BCUT2D eigenvalue weighted by Gasteiger charge is -2.32. The van der Waals surface area contributed by atoms with Gasteiger partial charge in [-0.25, -0.2) is 4.39 Å². The molecule has 168 valence electrons. The Bertz CT molecular complexity index is 1370. The van der Waals surface area contributed by atoms with Crippen molar-refractivity contribution in [2.45, 2.75) is 31.3 Å². The van der Waals surface area contributed by atoms with Crippen molar-refractivity contribution in [1.29, 1.82) is 0 Å². The fourth-order valence-corrected chi connectivity index (χ4v) is 4.49. The minimum absolute atomic E-state index is 0.254. The van der Waals surface area contributed by atoms with Crippen LogP contribution < -0.4 is 0 Å². The number of aryl methyl sites for hydroxylation is 1. The van der Waals surface area contributed by atoms with E-state index >= 15 is 0 Å². The van der Waals surface area contributed by atoms with E-state index in [2.05, 4.69) is 4.99 Å². The highest BCUT2D eigenvalue weighted by molar-refractivity contribution is 5.86. The van der Waals surface area contributed by atoms with Gasteiger partial charge in [-0.3, -0.25) is 4.99 Å². The van der Waals surface area contributed by atoms with E-state index in [-0.39, 0.29) is 11.4 Å². The van der Waals surface area contributed by atoms with E-state index in [0.29, 0.717) is 16.6 Å². The molecule has 7 heteroatoms. The molecule has 1 N–H and O–H groups in total. The van der Waals surface area contributed by atoms with E-state index in [1.165, 1.54) is 35.0 Å². The number of aliphatic imine (C=N–C) groups is 1. The van der Waals surface area contributed by atoms with Gasteiger partial charge in [0.2, 0.25) is 5.60 Å². The van der Waals surface area contributed by atoms with Crippen LogP contribution in [0, 0.1) is 12.7 Å². The van der Waals surface area contributed by atoms with Crippen LogP contribution in [0.1, 0.15) is 33.9 Å². The highest BCUT2D eigenvalue weighted by atomic mass is 19.4. The molecule has 33 heavy (non-hydrogen) atoms. The third kappa shape index (κ3) is 3.53. The van der Waals surface area contributed by atoms with E-state index in [0.717, 1.165) is 16.5 Å². The predicted molar refractivity (Wildman–Crippen MR) is 119 cm³/mol. The molecule has 3 nitrogen and oxygen atoms in total. The highest BCUT2D eigenvalue weighted by Gasteiger charge is 2.55. The summed E-state index contributed by atoms with van der Waals surface area (Å²) in [4.78, 5) is 4.40. The van der Waals surface area contributed by atoms with E-state index in [1.54, 1.807) is 36.5 Å². The van der Waals surface area contributed by atoms with E-state index in [9.17, 15) is 22.7 Å². The topological polar surface area (TPSA) is 37.5 Å². The maximum Gasteiger partial charge on any atom is 0.423 e. The van der Waals surface area contributed by atoms with Gasteiger partial charge in [0.25, 0.3) is 0 Å². The van der Waals surface area contributed by atoms with Crippen LogP contribution in [0.25, 0.3) is 10.9 Å². The number of fused-ring (bicyclic) bond motifs is 2. The van der Waals surface area contributed by atoms with Crippen molar-refractivity contribution in [3.8, 4) is 0 Å². The lowest BCUT2D eigenvalue weighted by Crippen LogP contribution is -2.45. The third-order valence-electron chi connectivity index (χ3n) is 6.26. The molecule has 0 aliphatic carbocycles. The maximum atomic E-state index is 14.3. The summed E-state index contributed by atoms with van der Waals surface area (Å²) in [6, 6.07) is 16.8. The first-order valence-corrected chi connectivity index (χ1v) is 10.4. The Hall–Kier alpha value is -3.45. The predicted octanol–water partition coefficient (Wildman–Crippen LogP) is 6.06. The summed E-state index contributed by atoms with van der Waals surface area (Å²) in [5, 5.41) is 11.9. The summed E-state index contributed by atoms with van der Waals surface area (Å²) in [6.45, 7) is 1.15. The number of para-hydroxylation sites is 1. The quantitative estimate of drug-likeness (QED) is 0.376. The summed E-state index contributed by atoms with van der Waals surface area (Å²) >= 11 is 0. The molecule has 0 radical (unpaired) electrons. The zero-order valence-electron chi connectivity index (χ0n) is 17.6. The van der Waals surface area contributed by atoms with Gasteiger partial charge in [0.15, 0.2) is 0 Å². The molecule has 2 atom stereocenters. The number of aliphatic hydroxyl groups is 1. The van der Waals surface area contributed by atoms with Crippen molar-refractivity contribution in [1.82, 2.24) is 4.57 Å². The first-order chi connectivity index (χ1) is 15.7. The number of rotatable bonds is 4. The second-order valence-corrected chi connectivity index (χ2v) is 8.39. The maximum absolute atomic E-state index is 14.3. The molecule has 1 aliphatic heterocycles. The van der Waals surface area contributed by atoms with Crippen LogP contribution in [0.15, 0.2) is 77.9 Å². The molecule has 5 rings (SSSR count). The molecular weight excluding hydrogens is 432 g/mol. The number of nitrogens with zero attached hydrogens (tertiary/aromatic N) is 2. The zero-order valence-corrected chi connectivity index (χ0v) is 17.6. The fraction of sp³-hybridized carbons (Fsp3) is 0.192. The van der Waals surface area contributed by atoms with Crippen molar-refractivity contribution in [3.05, 3.63) is 107 Å². The van der Waals surface area contributed by atoms with E-state index < -0.39 is 24.4 Å². The van der Waals surface area contributed by atoms with E-state index in [1.807, 2.05) is 19.1 Å². The molecule has 0 fully saturated rings. The SMILES string of the molecule is Cc1cn(CC(O)(c2ccc3c(c2)C=NC3c2ccc(F)cc2)C(F)(F)F)c2ccccc12. The number of alkyl halides is 3. The largest absolute Gasteiger partial charge is 0.423 e. The first kappa shape index (κ1) is 21.4. The van der Waals surface area contributed by atoms with Gasteiger partial charge in [0, 0.05) is 23.3 Å². The van der Waals surface area contributed by atoms with Gasteiger partial charge in [-0.2, -0.15) is 13.2 Å². The van der Waals surface area contributed by atoms with Gasteiger partial charge in [0.05, 0.1) is 6.54 Å². The molecule has 1 aromatic heterocycles. The Labute approximate surface area is 187 Å². The normalized spacial score (nSPS) is 17.3. The third-order valence-corrected chi connectivity index (χ3v) is 6.26. The van der Waals surface area contributed by atoms with Gasteiger partial charge >= 0.3 is 6.18 Å². The van der Waals surface area contributed by atoms with Crippen LogP contribution >= 0.6 is 0 Å². The minimum atomic E-state index is -4.91.